The molecule has 5 atom stereocenters. The Hall–Kier alpha value is -2.90. The molecule has 2 saturated heterocycles. The summed E-state index contributed by atoms with van der Waals surface area (Å²) < 4.78 is 47.0. The Morgan fingerprint density at radius 1 is 1.17 bits per heavy atom. The molecule has 0 bridgehead atoms. The lowest BCUT2D eigenvalue weighted by Gasteiger charge is -2.41. The van der Waals surface area contributed by atoms with Gasteiger partial charge in [-0.25, -0.2) is 24.6 Å². The zero-order valence-electron chi connectivity index (χ0n) is 23.7. The second-order valence-electron chi connectivity index (χ2n) is 11.8. The Morgan fingerprint density at radius 2 is 1.95 bits per heavy atom. The number of hydrogen-bond acceptors (Lipinski definition) is 10. The maximum Gasteiger partial charge on any atom is 0.406 e. The fourth-order valence-corrected chi connectivity index (χ4v) is 7.60. The van der Waals surface area contributed by atoms with E-state index in [1.165, 1.54) is 6.33 Å². The van der Waals surface area contributed by atoms with Crippen molar-refractivity contribution in [2.24, 2.45) is 0 Å². The number of rotatable bonds is 7. The van der Waals surface area contributed by atoms with Gasteiger partial charge in [-0.3, -0.25) is 13.6 Å². The van der Waals surface area contributed by atoms with Gasteiger partial charge in [0.2, 0.25) is 0 Å². The average molecular weight is 599 g/mol. The highest BCUT2D eigenvalue weighted by atomic mass is 31.2. The second-order valence-corrected chi connectivity index (χ2v) is 18.3. The Balaban J connectivity index is 1.41. The summed E-state index contributed by atoms with van der Waals surface area (Å²) in [5.41, 5.74) is 8.03. The van der Waals surface area contributed by atoms with Gasteiger partial charge in [0.05, 0.1) is 12.9 Å². The first kappa shape index (κ1) is 28.2. The number of ether oxygens (including phenoxy) is 1. The van der Waals surface area contributed by atoms with Crippen molar-refractivity contribution in [1.82, 2.24) is 24.6 Å². The quantitative estimate of drug-likeness (QED) is 0.212. The van der Waals surface area contributed by atoms with Gasteiger partial charge in [0.1, 0.15) is 24.6 Å². The molecule has 0 amide bonds. The minimum absolute atomic E-state index is 0.0530. The van der Waals surface area contributed by atoms with Crippen LogP contribution in [0.3, 0.4) is 0 Å². The molecule has 0 spiro atoms. The highest BCUT2D eigenvalue weighted by Crippen LogP contribution is 2.55. The molecule has 0 aliphatic carbocycles. The molecular formula is C27H35N6O6PSi. The molecule has 14 heteroatoms. The number of benzene rings is 1. The third kappa shape index (κ3) is 5.27. The number of nitrogens with one attached hydrogen (secondary N) is 1. The molecule has 5 unspecified atom stereocenters. The zero-order valence-corrected chi connectivity index (χ0v) is 25.6. The number of nitrogens with two attached hydrogens (primary N) is 1. The van der Waals surface area contributed by atoms with E-state index in [9.17, 15) is 4.57 Å². The number of aromatic nitrogens is 4. The average Bonchev–Trinajstić information content (AvgIpc) is 3.66. The number of fused-ring (bicyclic) bond motifs is 2. The SMILES string of the molecule is CC(C)(C)[Si](C)(C)OC1C2OP(=O)(NCc3ccccc3)OCC2OC1n1c(-c2ccco2)nc2c(N)ncnc21. The van der Waals surface area contributed by atoms with Crippen LogP contribution >= 0.6 is 7.75 Å². The predicted octanol–water partition coefficient (Wildman–Crippen LogP) is 5.27. The maximum atomic E-state index is 13.8. The topological polar surface area (TPSA) is 149 Å². The van der Waals surface area contributed by atoms with Crippen LogP contribution in [-0.2, 0) is 29.3 Å². The van der Waals surface area contributed by atoms with Crippen molar-refractivity contribution in [2.45, 2.75) is 70.0 Å². The van der Waals surface area contributed by atoms with E-state index in [0.29, 0.717) is 29.3 Å². The monoisotopic (exact) mass is 598 g/mol. The van der Waals surface area contributed by atoms with Gasteiger partial charge in [0, 0.05) is 6.54 Å². The molecule has 41 heavy (non-hydrogen) atoms. The highest BCUT2D eigenvalue weighted by Gasteiger charge is 2.57. The molecule has 218 valence electrons. The number of anilines is 1. The first-order valence-corrected chi connectivity index (χ1v) is 18.0. The Morgan fingerprint density at radius 3 is 2.66 bits per heavy atom. The van der Waals surface area contributed by atoms with Gasteiger partial charge in [-0.15, -0.1) is 0 Å². The first-order valence-electron chi connectivity index (χ1n) is 13.5. The van der Waals surface area contributed by atoms with Crippen molar-refractivity contribution in [3.8, 4) is 11.6 Å². The van der Waals surface area contributed by atoms with E-state index in [-0.39, 0.29) is 17.5 Å². The number of imidazole rings is 1. The summed E-state index contributed by atoms with van der Waals surface area (Å²) in [4.78, 5) is 13.4. The molecule has 2 fully saturated rings. The fourth-order valence-electron chi connectivity index (χ4n) is 4.80. The summed E-state index contributed by atoms with van der Waals surface area (Å²) in [5.74, 6) is 1.18. The van der Waals surface area contributed by atoms with Gasteiger partial charge < -0.3 is 19.3 Å². The summed E-state index contributed by atoms with van der Waals surface area (Å²) in [6.45, 7) is 11.2. The van der Waals surface area contributed by atoms with Gasteiger partial charge >= 0.3 is 7.75 Å². The lowest BCUT2D eigenvalue weighted by Crippen LogP contribution is -2.50. The van der Waals surface area contributed by atoms with E-state index in [0.717, 1.165) is 5.56 Å². The molecule has 2 aliphatic heterocycles. The number of nitrogen functional groups attached to an aromatic ring is 1. The van der Waals surface area contributed by atoms with Crippen LogP contribution in [0.4, 0.5) is 5.82 Å². The zero-order chi connectivity index (χ0) is 29.0. The van der Waals surface area contributed by atoms with E-state index >= 15 is 0 Å². The van der Waals surface area contributed by atoms with E-state index in [1.54, 1.807) is 18.4 Å². The Bertz CT molecular complexity index is 1570. The van der Waals surface area contributed by atoms with Crippen molar-refractivity contribution in [3.05, 3.63) is 60.6 Å². The molecule has 0 saturated carbocycles. The van der Waals surface area contributed by atoms with E-state index < -0.39 is 40.6 Å². The van der Waals surface area contributed by atoms with Crippen molar-refractivity contribution in [1.29, 1.82) is 0 Å². The molecule has 3 aromatic heterocycles. The molecule has 0 radical (unpaired) electrons. The minimum Gasteiger partial charge on any atom is -0.461 e. The van der Waals surface area contributed by atoms with Crippen molar-refractivity contribution in [2.75, 3.05) is 12.3 Å². The summed E-state index contributed by atoms with van der Waals surface area (Å²) in [6.07, 6.45) is 0.268. The van der Waals surface area contributed by atoms with Crippen LogP contribution in [0.5, 0.6) is 0 Å². The lowest BCUT2D eigenvalue weighted by atomic mass is 10.1. The van der Waals surface area contributed by atoms with E-state index in [4.69, 9.17) is 33.3 Å². The predicted molar refractivity (Wildman–Crippen MR) is 155 cm³/mol. The Kier molecular flexibility index (Phi) is 7.18. The van der Waals surface area contributed by atoms with Crippen molar-refractivity contribution in [3.63, 3.8) is 0 Å². The molecule has 12 nitrogen and oxygen atoms in total. The number of nitrogens with zero attached hydrogens (tertiary/aromatic N) is 4. The van der Waals surface area contributed by atoms with Crippen LogP contribution in [0.2, 0.25) is 18.1 Å². The molecule has 5 heterocycles. The largest absolute Gasteiger partial charge is 0.461 e. The lowest BCUT2D eigenvalue weighted by molar-refractivity contribution is -0.0589. The van der Waals surface area contributed by atoms with Gasteiger partial charge in [-0.1, -0.05) is 51.1 Å². The summed E-state index contributed by atoms with van der Waals surface area (Å²) >= 11 is 0. The second kappa shape index (κ2) is 10.4. The molecule has 4 aromatic rings. The van der Waals surface area contributed by atoms with Crippen LogP contribution in [0.1, 0.15) is 32.6 Å². The summed E-state index contributed by atoms with van der Waals surface area (Å²) in [7, 11) is -6.10. The standard InChI is InChI=1S/C27H35N6O6PSi/c1-27(2,3)41(4,5)39-22-21-19(15-36-40(34,38-21)31-14-17-10-7-6-8-11-17)37-26(22)33-24(18-12-9-13-35-18)32-20-23(28)29-16-30-25(20)33/h6-13,16,19,21-22,26H,14-15H2,1-5H3,(H,31,34)(H2,28,29,30). The van der Waals surface area contributed by atoms with Gasteiger partial charge in [0.25, 0.3) is 0 Å². The fraction of sp³-hybridized carbons (Fsp3) is 0.444. The first-order chi connectivity index (χ1) is 19.5. The van der Waals surface area contributed by atoms with Gasteiger partial charge in [-0.05, 0) is 35.8 Å². The van der Waals surface area contributed by atoms with Gasteiger partial charge in [0.15, 0.2) is 43.1 Å². The maximum absolute atomic E-state index is 13.8. The van der Waals surface area contributed by atoms with Crippen molar-refractivity contribution >= 4 is 33.0 Å². The van der Waals surface area contributed by atoms with Crippen LogP contribution in [0, 0.1) is 0 Å². The highest BCUT2D eigenvalue weighted by molar-refractivity contribution is 7.51. The normalized spacial score (nSPS) is 26.9. The molecule has 6 rings (SSSR count). The molecular weight excluding hydrogens is 563 g/mol. The van der Waals surface area contributed by atoms with Crippen LogP contribution < -0.4 is 10.8 Å². The summed E-state index contributed by atoms with van der Waals surface area (Å²) in [5, 5.41) is 2.88. The Labute approximate surface area is 239 Å². The third-order valence-corrected chi connectivity index (χ3v) is 14.0. The van der Waals surface area contributed by atoms with Crippen molar-refractivity contribution < 1.29 is 27.2 Å². The minimum atomic E-state index is -3.70. The van der Waals surface area contributed by atoms with Crippen LogP contribution in [-0.4, -0.2) is 52.8 Å². The molecule has 3 N–H and O–H groups in total. The molecule has 1 aromatic carbocycles. The molecule has 2 aliphatic rings. The van der Waals surface area contributed by atoms with E-state index in [2.05, 4.69) is 48.9 Å². The smallest absolute Gasteiger partial charge is 0.406 e. The van der Waals surface area contributed by atoms with Crippen LogP contribution in [0.25, 0.3) is 22.7 Å². The number of hydrogen-bond donors (Lipinski definition) is 2. The number of furan rings is 1. The van der Waals surface area contributed by atoms with Gasteiger partial charge in [-0.2, -0.15) is 0 Å². The van der Waals surface area contributed by atoms with E-state index in [1.807, 2.05) is 34.9 Å². The third-order valence-electron chi connectivity index (χ3n) is 8.01. The summed E-state index contributed by atoms with van der Waals surface area (Å²) in [6, 6.07) is 13.2. The van der Waals surface area contributed by atoms with Crippen LogP contribution in [0.15, 0.2) is 59.5 Å².